The van der Waals surface area contributed by atoms with E-state index < -0.39 is 4.92 Å². The van der Waals surface area contributed by atoms with E-state index in [1.807, 2.05) is 35.2 Å². The molecule has 0 heterocycles. The third-order valence-corrected chi connectivity index (χ3v) is 3.48. The minimum atomic E-state index is -0.516. The second-order valence-electron chi connectivity index (χ2n) is 5.02. The zero-order chi connectivity index (χ0) is 17.5. The quantitative estimate of drug-likeness (QED) is 0.574. The molecule has 0 bridgehead atoms. The first-order valence-corrected chi connectivity index (χ1v) is 7.21. The molecule has 0 N–H and O–H groups in total. The molecule has 0 saturated carbocycles. The van der Waals surface area contributed by atoms with E-state index in [1.54, 1.807) is 20.2 Å². The van der Waals surface area contributed by atoms with Crippen LogP contribution in [0.4, 0.5) is 11.4 Å². The van der Waals surface area contributed by atoms with Crippen LogP contribution in [0.1, 0.15) is 5.56 Å². The van der Waals surface area contributed by atoms with E-state index in [0.717, 1.165) is 5.75 Å². The SMILES string of the molecule is COc1ccc(OCCN(C)c2ccc([N+](=O)[O-])cc2C#N)cc1. The Morgan fingerprint density at radius 1 is 1.21 bits per heavy atom. The molecule has 2 aromatic carbocycles. The van der Waals surface area contributed by atoms with E-state index in [1.165, 1.54) is 12.1 Å². The van der Waals surface area contributed by atoms with Crippen LogP contribution in [0.3, 0.4) is 0 Å². The van der Waals surface area contributed by atoms with Crippen LogP contribution >= 0.6 is 0 Å². The van der Waals surface area contributed by atoms with E-state index in [9.17, 15) is 15.4 Å². The number of nitro benzene ring substituents is 1. The largest absolute Gasteiger partial charge is 0.497 e. The molecule has 0 aromatic heterocycles. The number of hydrogen-bond acceptors (Lipinski definition) is 6. The maximum absolute atomic E-state index is 10.8. The monoisotopic (exact) mass is 327 g/mol. The molecule has 0 fully saturated rings. The van der Waals surface area contributed by atoms with Gasteiger partial charge >= 0.3 is 0 Å². The molecule has 0 saturated heterocycles. The summed E-state index contributed by atoms with van der Waals surface area (Å²) in [4.78, 5) is 12.1. The Bertz CT molecular complexity index is 753. The molecular weight excluding hydrogens is 310 g/mol. The highest BCUT2D eigenvalue weighted by atomic mass is 16.6. The number of anilines is 1. The van der Waals surface area contributed by atoms with Crippen molar-refractivity contribution in [1.29, 1.82) is 5.26 Å². The van der Waals surface area contributed by atoms with Crippen molar-refractivity contribution in [3.05, 3.63) is 58.1 Å². The molecule has 0 amide bonds. The normalized spacial score (nSPS) is 9.88. The third kappa shape index (κ3) is 4.14. The Balaban J connectivity index is 1.98. The lowest BCUT2D eigenvalue weighted by atomic mass is 10.1. The number of non-ortho nitro benzene ring substituents is 1. The number of rotatable bonds is 7. The van der Waals surface area contributed by atoms with Gasteiger partial charge < -0.3 is 14.4 Å². The van der Waals surface area contributed by atoms with Crippen molar-refractivity contribution in [1.82, 2.24) is 0 Å². The minimum Gasteiger partial charge on any atom is -0.497 e. The van der Waals surface area contributed by atoms with Gasteiger partial charge in [-0.2, -0.15) is 5.26 Å². The minimum absolute atomic E-state index is 0.0989. The van der Waals surface area contributed by atoms with Gasteiger partial charge in [-0.1, -0.05) is 0 Å². The van der Waals surface area contributed by atoms with Gasteiger partial charge in [-0.15, -0.1) is 0 Å². The number of hydrogen-bond donors (Lipinski definition) is 0. The summed E-state index contributed by atoms with van der Waals surface area (Å²) in [6, 6.07) is 13.5. The molecule has 0 atom stereocenters. The van der Waals surface area contributed by atoms with Gasteiger partial charge in [0.2, 0.25) is 0 Å². The standard InChI is InChI=1S/C17H17N3O4/c1-19(9-10-24-16-6-4-15(23-2)5-7-16)17-8-3-14(20(21)22)11-13(17)12-18/h3-8,11H,9-10H2,1-2H3. The molecular formula is C17H17N3O4. The maximum atomic E-state index is 10.8. The smallest absolute Gasteiger partial charge is 0.270 e. The molecule has 0 aliphatic rings. The highest BCUT2D eigenvalue weighted by Crippen LogP contribution is 2.24. The Kier molecular flexibility index (Phi) is 5.58. The van der Waals surface area contributed by atoms with Gasteiger partial charge in [0, 0.05) is 19.2 Å². The Labute approximate surface area is 139 Å². The van der Waals surface area contributed by atoms with Gasteiger partial charge in [0.25, 0.3) is 5.69 Å². The van der Waals surface area contributed by atoms with E-state index >= 15 is 0 Å². The molecule has 7 heteroatoms. The lowest BCUT2D eigenvalue weighted by Gasteiger charge is -2.20. The first-order chi connectivity index (χ1) is 11.5. The molecule has 0 spiro atoms. The van der Waals surface area contributed by atoms with Crippen molar-refractivity contribution in [2.75, 3.05) is 32.2 Å². The summed E-state index contributed by atoms with van der Waals surface area (Å²) >= 11 is 0. The summed E-state index contributed by atoms with van der Waals surface area (Å²) in [6.07, 6.45) is 0. The van der Waals surface area contributed by atoms with E-state index in [-0.39, 0.29) is 11.3 Å². The summed E-state index contributed by atoms with van der Waals surface area (Å²) in [6.45, 7) is 0.934. The first-order valence-electron chi connectivity index (χ1n) is 7.21. The molecule has 0 unspecified atom stereocenters. The van der Waals surface area contributed by atoms with Crippen LogP contribution in [0.2, 0.25) is 0 Å². The zero-order valence-electron chi connectivity index (χ0n) is 13.4. The Hall–Kier alpha value is -3.27. The lowest BCUT2D eigenvalue weighted by Crippen LogP contribution is -2.24. The predicted molar refractivity (Wildman–Crippen MR) is 89.6 cm³/mol. The van der Waals surface area contributed by atoms with Crippen molar-refractivity contribution < 1.29 is 14.4 Å². The van der Waals surface area contributed by atoms with Crippen LogP contribution in [0.15, 0.2) is 42.5 Å². The van der Waals surface area contributed by atoms with Gasteiger partial charge in [0.05, 0.1) is 29.8 Å². The highest BCUT2D eigenvalue weighted by molar-refractivity contribution is 5.62. The Morgan fingerprint density at radius 3 is 2.46 bits per heavy atom. The van der Waals surface area contributed by atoms with Crippen LogP contribution in [0.5, 0.6) is 11.5 Å². The molecule has 7 nitrogen and oxygen atoms in total. The average Bonchev–Trinajstić information content (AvgIpc) is 2.61. The number of nitrogens with zero attached hydrogens (tertiary/aromatic N) is 3. The summed E-state index contributed by atoms with van der Waals surface area (Å²) < 4.78 is 10.7. The maximum Gasteiger partial charge on any atom is 0.270 e. The second-order valence-corrected chi connectivity index (χ2v) is 5.02. The van der Waals surface area contributed by atoms with Gasteiger partial charge in [0.1, 0.15) is 24.2 Å². The van der Waals surface area contributed by atoms with Gasteiger partial charge in [-0.25, -0.2) is 0 Å². The van der Waals surface area contributed by atoms with Gasteiger partial charge in [-0.3, -0.25) is 10.1 Å². The molecule has 0 radical (unpaired) electrons. The lowest BCUT2D eigenvalue weighted by molar-refractivity contribution is -0.384. The topological polar surface area (TPSA) is 88.6 Å². The van der Waals surface area contributed by atoms with Crippen molar-refractivity contribution in [2.45, 2.75) is 0 Å². The predicted octanol–water partition coefficient (Wildman–Crippen LogP) is 2.99. The average molecular weight is 327 g/mol. The van der Waals surface area contributed by atoms with E-state index in [0.29, 0.717) is 24.6 Å². The van der Waals surface area contributed by atoms with Crippen molar-refractivity contribution in [3.63, 3.8) is 0 Å². The highest BCUT2D eigenvalue weighted by Gasteiger charge is 2.13. The number of likely N-dealkylation sites (N-methyl/N-ethyl adjacent to an activating group) is 1. The molecule has 0 aliphatic carbocycles. The number of benzene rings is 2. The zero-order valence-corrected chi connectivity index (χ0v) is 13.4. The van der Waals surface area contributed by atoms with Crippen LogP contribution in [-0.4, -0.2) is 32.2 Å². The number of ether oxygens (including phenoxy) is 2. The summed E-state index contributed by atoms with van der Waals surface area (Å²) in [5.74, 6) is 1.47. The molecule has 0 aliphatic heterocycles. The second kappa shape index (κ2) is 7.83. The molecule has 2 aromatic rings. The van der Waals surface area contributed by atoms with Crippen LogP contribution in [-0.2, 0) is 0 Å². The fraction of sp³-hybridized carbons (Fsp3) is 0.235. The summed E-state index contributed by atoms with van der Waals surface area (Å²) in [7, 11) is 3.40. The molecule has 24 heavy (non-hydrogen) atoms. The van der Waals surface area contributed by atoms with Gasteiger partial charge in [-0.05, 0) is 30.3 Å². The van der Waals surface area contributed by atoms with Crippen LogP contribution < -0.4 is 14.4 Å². The summed E-state index contributed by atoms with van der Waals surface area (Å²) in [5.41, 5.74) is 0.788. The Morgan fingerprint density at radius 2 is 1.88 bits per heavy atom. The van der Waals surface area contributed by atoms with E-state index in [2.05, 4.69) is 0 Å². The van der Waals surface area contributed by atoms with Crippen molar-refractivity contribution >= 4 is 11.4 Å². The third-order valence-electron chi connectivity index (χ3n) is 3.48. The van der Waals surface area contributed by atoms with Crippen molar-refractivity contribution in [3.8, 4) is 17.6 Å². The van der Waals surface area contributed by atoms with Crippen molar-refractivity contribution in [2.24, 2.45) is 0 Å². The number of nitro groups is 1. The fourth-order valence-corrected chi connectivity index (χ4v) is 2.15. The van der Waals surface area contributed by atoms with Gasteiger partial charge in [0.15, 0.2) is 0 Å². The summed E-state index contributed by atoms with van der Waals surface area (Å²) in [5, 5.41) is 20.0. The van der Waals surface area contributed by atoms with Crippen LogP contribution in [0.25, 0.3) is 0 Å². The molecule has 2 rings (SSSR count). The van der Waals surface area contributed by atoms with E-state index in [4.69, 9.17) is 9.47 Å². The first kappa shape index (κ1) is 17.1. The number of nitriles is 1. The fourth-order valence-electron chi connectivity index (χ4n) is 2.15. The van der Waals surface area contributed by atoms with Crippen LogP contribution in [0, 0.1) is 21.4 Å². The molecule has 124 valence electrons. The number of methoxy groups -OCH3 is 1.